The van der Waals surface area contributed by atoms with Crippen molar-refractivity contribution < 1.29 is 0 Å². The summed E-state index contributed by atoms with van der Waals surface area (Å²) < 4.78 is 0. The maximum Gasteiger partial charge on any atom is 0.0599 e. The molecule has 0 N–H and O–H groups in total. The van der Waals surface area contributed by atoms with Crippen molar-refractivity contribution in [3.63, 3.8) is 0 Å². The number of nitrogens with zero attached hydrogens (tertiary/aromatic N) is 1. The van der Waals surface area contributed by atoms with E-state index >= 15 is 0 Å². The Balaban J connectivity index is 1.91. The van der Waals surface area contributed by atoms with E-state index in [0.29, 0.717) is 0 Å². The summed E-state index contributed by atoms with van der Waals surface area (Å²) in [6.45, 7) is 8.88. The molecule has 1 aliphatic heterocycles. The summed E-state index contributed by atoms with van der Waals surface area (Å²) in [5.74, 6) is 1.08. The second-order valence-electron chi connectivity index (χ2n) is 5.82. The maximum absolute atomic E-state index is 2.78. The normalized spacial score (nSPS) is 36.2. The highest BCUT2D eigenvalue weighted by atomic mass is 28.3. The van der Waals surface area contributed by atoms with E-state index in [0.717, 1.165) is 12.0 Å². The van der Waals surface area contributed by atoms with Crippen LogP contribution in [-0.2, 0) is 0 Å². The average molecular weight is 183 g/mol. The summed E-state index contributed by atoms with van der Waals surface area (Å²) >= 11 is 0. The van der Waals surface area contributed by atoms with E-state index in [4.69, 9.17) is 0 Å². The predicted octanol–water partition coefficient (Wildman–Crippen LogP) is 2.35. The van der Waals surface area contributed by atoms with Gasteiger partial charge >= 0.3 is 0 Å². The number of hydrogen-bond donors (Lipinski definition) is 0. The monoisotopic (exact) mass is 183 g/mol. The van der Waals surface area contributed by atoms with E-state index < -0.39 is 8.07 Å². The molecule has 70 valence electrons. The van der Waals surface area contributed by atoms with E-state index in [1.165, 1.54) is 32.0 Å². The molecule has 2 fully saturated rings. The van der Waals surface area contributed by atoms with Crippen LogP contribution in [0.15, 0.2) is 0 Å². The zero-order chi connectivity index (χ0) is 8.77. The van der Waals surface area contributed by atoms with E-state index in [1.54, 1.807) is 0 Å². The molecule has 2 atom stereocenters. The van der Waals surface area contributed by atoms with Gasteiger partial charge in [0.1, 0.15) is 0 Å². The molecule has 0 aromatic heterocycles. The van der Waals surface area contributed by atoms with Crippen LogP contribution in [0.4, 0.5) is 0 Å². The first-order valence-electron chi connectivity index (χ1n) is 5.29. The van der Waals surface area contributed by atoms with Crippen molar-refractivity contribution >= 4 is 8.07 Å². The number of fused-ring (bicyclic) bond motifs is 2. The topological polar surface area (TPSA) is 3.24 Å². The van der Waals surface area contributed by atoms with Gasteiger partial charge in [-0.25, -0.2) is 0 Å². The fourth-order valence-electron chi connectivity index (χ4n) is 2.83. The minimum absolute atomic E-state index is 0.834. The first-order chi connectivity index (χ1) is 5.54. The van der Waals surface area contributed by atoms with Crippen LogP contribution in [0.3, 0.4) is 0 Å². The second-order valence-corrected chi connectivity index (χ2v) is 11.3. The number of hydrogen-bond acceptors (Lipinski definition) is 1. The average Bonchev–Trinajstić information content (AvgIpc) is 2.42. The van der Waals surface area contributed by atoms with Crippen molar-refractivity contribution in [1.29, 1.82) is 0 Å². The highest BCUT2D eigenvalue weighted by Gasteiger charge is 2.38. The van der Waals surface area contributed by atoms with E-state index in [1.807, 2.05) is 0 Å². The van der Waals surface area contributed by atoms with Gasteiger partial charge in [-0.1, -0.05) is 19.6 Å². The molecular weight excluding hydrogens is 162 g/mol. The predicted molar refractivity (Wildman–Crippen MR) is 56.0 cm³/mol. The summed E-state index contributed by atoms with van der Waals surface area (Å²) in [6, 6.07) is 0.988. The molecule has 2 heteroatoms. The van der Waals surface area contributed by atoms with Crippen LogP contribution >= 0.6 is 0 Å². The lowest BCUT2D eigenvalue weighted by molar-refractivity contribution is 0.243. The van der Waals surface area contributed by atoms with Gasteiger partial charge in [0.15, 0.2) is 0 Å². The van der Waals surface area contributed by atoms with Gasteiger partial charge in [0.25, 0.3) is 0 Å². The molecule has 1 heterocycles. The summed E-state index contributed by atoms with van der Waals surface area (Å²) in [5, 5.41) is 0. The molecule has 12 heavy (non-hydrogen) atoms. The molecule has 0 radical (unpaired) electrons. The number of piperidine rings is 1. The first-order valence-corrected chi connectivity index (χ1v) is 8.99. The molecule has 1 saturated heterocycles. The zero-order valence-electron chi connectivity index (χ0n) is 8.64. The van der Waals surface area contributed by atoms with Gasteiger partial charge in [-0.15, -0.1) is 0 Å². The quantitative estimate of drug-likeness (QED) is 0.594. The Kier molecular flexibility index (Phi) is 2.08. The van der Waals surface area contributed by atoms with Gasteiger partial charge in [0, 0.05) is 12.6 Å². The van der Waals surface area contributed by atoms with Crippen molar-refractivity contribution in [3.05, 3.63) is 0 Å². The van der Waals surface area contributed by atoms with Crippen LogP contribution < -0.4 is 0 Å². The number of rotatable bonds is 2. The third-order valence-electron chi connectivity index (χ3n) is 3.20. The minimum Gasteiger partial charge on any atom is -0.303 e. The third-order valence-corrected chi connectivity index (χ3v) is 4.55. The van der Waals surface area contributed by atoms with Crippen LogP contribution in [0.2, 0.25) is 19.6 Å². The zero-order valence-corrected chi connectivity index (χ0v) is 9.64. The molecule has 1 saturated carbocycles. The van der Waals surface area contributed by atoms with Crippen molar-refractivity contribution in [2.24, 2.45) is 5.92 Å². The fourth-order valence-corrected chi connectivity index (χ4v) is 4.44. The Morgan fingerprint density at radius 1 is 1.25 bits per heavy atom. The molecular formula is C10H21NSi. The molecule has 2 aliphatic rings. The molecule has 2 rings (SSSR count). The third kappa shape index (κ3) is 1.74. The lowest BCUT2D eigenvalue weighted by atomic mass is 10.1. The standard InChI is InChI=1S/C10H21NSi/c1-12(2,3)8-11-7-9-4-5-10(11)6-9/h9-10H,4-8H2,1-3H3. The highest BCUT2D eigenvalue weighted by Crippen LogP contribution is 2.37. The Morgan fingerprint density at radius 3 is 2.42 bits per heavy atom. The van der Waals surface area contributed by atoms with Crippen LogP contribution in [0, 0.1) is 5.92 Å². The Bertz CT molecular complexity index is 173. The Morgan fingerprint density at radius 2 is 2.00 bits per heavy atom. The van der Waals surface area contributed by atoms with Crippen molar-refractivity contribution in [3.8, 4) is 0 Å². The van der Waals surface area contributed by atoms with Gasteiger partial charge in [-0.3, -0.25) is 0 Å². The van der Waals surface area contributed by atoms with Crippen LogP contribution in [0.1, 0.15) is 19.3 Å². The van der Waals surface area contributed by atoms with Crippen molar-refractivity contribution in [1.82, 2.24) is 4.90 Å². The molecule has 0 amide bonds. The summed E-state index contributed by atoms with van der Waals surface area (Å²) in [7, 11) is -0.834. The summed E-state index contributed by atoms with van der Waals surface area (Å²) in [5.41, 5.74) is 0. The molecule has 1 nitrogen and oxygen atoms in total. The Labute approximate surface area is 77.2 Å². The van der Waals surface area contributed by atoms with Gasteiger partial charge in [0.2, 0.25) is 0 Å². The molecule has 2 unspecified atom stereocenters. The van der Waals surface area contributed by atoms with Crippen molar-refractivity contribution in [2.75, 3.05) is 12.7 Å². The number of likely N-dealkylation sites (tertiary alicyclic amines) is 1. The van der Waals surface area contributed by atoms with Gasteiger partial charge < -0.3 is 4.90 Å². The lowest BCUT2D eigenvalue weighted by Gasteiger charge is -2.31. The van der Waals surface area contributed by atoms with Crippen LogP contribution in [0.5, 0.6) is 0 Å². The Hall–Kier alpha value is 0.177. The first kappa shape index (κ1) is 8.76. The smallest absolute Gasteiger partial charge is 0.0599 e. The van der Waals surface area contributed by atoms with E-state index in [9.17, 15) is 0 Å². The molecule has 1 aliphatic carbocycles. The second kappa shape index (κ2) is 2.84. The van der Waals surface area contributed by atoms with E-state index in [-0.39, 0.29) is 0 Å². The molecule has 0 aromatic rings. The summed E-state index contributed by atoms with van der Waals surface area (Å²) in [4.78, 5) is 2.78. The molecule has 0 aromatic carbocycles. The van der Waals surface area contributed by atoms with Gasteiger partial charge in [0.05, 0.1) is 8.07 Å². The van der Waals surface area contributed by atoms with Gasteiger partial charge in [-0.05, 0) is 31.3 Å². The largest absolute Gasteiger partial charge is 0.303 e. The van der Waals surface area contributed by atoms with Crippen molar-refractivity contribution in [2.45, 2.75) is 44.9 Å². The molecule has 2 bridgehead atoms. The van der Waals surface area contributed by atoms with E-state index in [2.05, 4.69) is 24.5 Å². The lowest BCUT2D eigenvalue weighted by Crippen LogP contribution is -2.43. The van der Waals surface area contributed by atoms with Crippen LogP contribution in [0.25, 0.3) is 0 Å². The fraction of sp³-hybridized carbons (Fsp3) is 1.00. The SMILES string of the molecule is C[Si](C)(C)CN1CC2CCC1C2. The molecule has 0 spiro atoms. The minimum atomic E-state index is -0.834. The van der Waals surface area contributed by atoms with Gasteiger partial charge in [-0.2, -0.15) is 0 Å². The highest BCUT2D eigenvalue weighted by molar-refractivity contribution is 6.76. The summed E-state index contributed by atoms with van der Waals surface area (Å²) in [6.07, 6.45) is 5.97. The van der Waals surface area contributed by atoms with Crippen LogP contribution in [-0.4, -0.2) is 31.7 Å². The maximum atomic E-state index is 2.78.